The number of amides is 1. The van der Waals surface area contributed by atoms with Gasteiger partial charge in [-0.2, -0.15) is 0 Å². The van der Waals surface area contributed by atoms with Gasteiger partial charge in [0.1, 0.15) is 5.75 Å². The minimum atomic E-state index is -0.659. The number of pyridine rings is 1. The van der Waals surface area contributed by atoms with E-state index in [4.69, 9.17) is 13.9 Å². The first kappa shape index (κ1) is 25.4. The van der Waals surface area contributed by atoms with E-state index in [1.807, 2.05) is 12.1 Å². The van der Waals surface area contributed by atoms with Crippen LogP contribution in [0.25, 0.3) is 22.1 Å². The number of benzene rings is 2. The SMILES string of the molecule is COc1cccc2cc(-c3ccc(OCC(=O)N4C[C@@H]5C[C@H](C4)c4ccc([N+](=O)[O-])c(=O)n4C5)cc3)c(=O)oc12. The maximum atomic E-state index is 13.0. The number of carbonyl (C=O) groups is 1. The molecule has 2 bridgehead atoms. The van der Waals surface area contributed by atoms with Crippen LogP contribution in [-0.4, -0.2) is 47.1 Å². The third kappa shape index (κ3) is 4.49. The fourth-order valence-corrected chi connectivity index (χ4v) is 5.72. The van der Waals surface area contributed by atoms with Crippen LogP contribution in [0.5, 0.6) is 11.5 Å². The van der Waals surface area contributed by atoms with Crippen LogP contribution in [0.4, 0.5) is 5.69 Å². The van der Waals surface area contributed by atoms with Gasteiger partial charge in [-0.3, -0.25) is 19.7 Å². The number of hydrogen-bond donors (Lipinski definition) is 0. The van der Waals surface area contributed by atoms with E-state index in [1.165, 1.54) is 17.7 Å². The minimum Gasteiger partial charge on any atom is -0.493 e. The van der Waals surface area contributed by atoms with Crippen LogP contribution in [0.3, 0.4) is 0 Å². The molecule has 11 heteroatoms. The van der Waals surface area contributed by atoms with Crippen LogP contribution in [0.2, 0.25) is 0 Å². The lowest BCUT2D eigenvalue weighted by atomic mass is 9.83. The lowest BCUT2D eigenvalue weighted by Crippen LogP contribution is -2.50. The van der Waals surface area contributed by atoms with Crippen LogP contribution in [0, 0.1) is 16.0 Å². The van der Waals surface area contributed by atoms with Crippen molar-refractivity contribution in [1.29, 1.82) is 0 Å². The summed E-state index contributed by atoms with van der Waals surface area (Å²) in [4.78, 5) is 50.5. The summed E-state index contributed by atoms with van der Waals surface area (Å²) in [5.74, 6) is 0.737. The first-order valence-electron chi connectivity index (χ1n) is 12.8. The highest BCUT2D eigenvalue weighted by atomic mass is 16.6. The number of aromatic nitrogens is 1. The topological polar surface area (TPSA) is 134 Å². The second-order valence-corrected chi connectivity index (χ2v) is 10.1. The van der Waals surface area contributed by atoms with Gasteiger partial charge in [0.05, 0.1) is 17.6 Å². The molecule has 6 rings (SSSR count). The highest BCUT2D eigenvalue weighted by Crippen LogP contribution is 2.36. The fraction of sp³-hybridized carbons (Fsp3) is 0.276. The number of piperidine rings is 1. The van der Waals surface area contributed by atoms with E-state index < -0.39 is 21.8 Å². The quantitative estimate of drug-likeness (QED) is 0.205. The van der Waals surface area contributed by atoms with E-state index in [9.17, 15) is 24.5 Å². The minimum absolute atomic E-state index is 0.0304. The molecule has 2 aromatic carbocycles. The van der Waals surface area contributed by atoms with Gasteiger partial charge in [-0.15, -0.1) is 0 Å². The van der Waals surface area contributed by atoms with Gasteiger partial charge in [0.25, 0.3) is 5.91 Å². The molecule has 1 fully saturated rings. The van der Waals surface area contributed by atoms with Gasteiger partial charge in [-0.1, -0.05) is 24.3 Å². The molecule has 40 heavy (non-hydrogen) atoms. The molecule has 2 atom stereocenters. The van der Waals surface area contributed by atoms with Gasteiger partial charge >= 0.3 is 16.9 Å². The number of para-hydroxylation sites is 1. The van der Waals surface area contributed by atoms with E-state index in [0.29, 0.717) is 47.8 Å². The zero-order valence-electron chi connectivity index (χ0n) is 21.6. The number of ether oxygens (including phenoxy) is 2. The predicted octanol–water partition coefficient (Wildman–Crippen LogP) is 3.56. The highest BCUT2D eigenvalue weighted by Gasteiger charge is 2.37. The van der Waals surface area contributed by atoms with Gasteiger partial charge in [0.2, 0.25) is 0 Å². The maximum absolute atomic E-state index is 13.0. The Kier molecular flexibility index (Phi) is 6.33. The number of fused-ring (bicyclic) bond motifs is 5. The molecule has 2 aromatic heterocycles. The number of nitro groups is 1. The number of carbonyl (C=O) groups excluding carboxylic acids is 1. The monoisotopic (exact) mass is 543 g/mol. The van der Waals surface area contributed by atoms with Crippen molar-refractivity contribution >= 4 is 22.6 Å². The lowest BCUT2D eigenvalue weighted by molar-refractivity contribution is -0.386. The third-order valence-corrected chi connectivity index (χ3v) is 7.60. The highest BCUT2D eigenvalue weighted by molar-refractivity contribution is 5.86. The fourth-order valence-electron chi connectivity index (χ4n) is 5.72. The Morgan fingerprint density at radius 1 is 1.07 bits per heavy atom. The second-order valence-electron chi connectivity index (χ2n) is 10.1. The van der Waals surface area contributed by atoms with Gasteiger partial charge in [0.15, 0.2) is 17.9 Å². The van der Waals surface area contributed by atoms with Gasteiger partial charge in [-0.25, -0.2) is 4.79 Å². The molecule has 4 heterocycles. The predicted molar refractivity (Wildman–Crippen MR) is 145 cm³/mol. The van der Waals surface area contributed by atoms with Crippen molar-refractivity contribution in [3.63, 3.8) is 0 Å². The number of nitrogens with zero attached hydrogens (tertiary/aromatic N) is 3. The van der Waals surface area contributed by atoms with Crippen molar-refractivity contribution in [2.75, 3.05) is 26.8 Å². The summed E-state index contributed by atoms with van der Waals surface area (Å²) in [6.45, 7) is 1.05. The first-order chi connectivity index (χ1) is 19.3. The van der Waals surface area contributed by atoms with Crippen LogP contribution in [0.15, 0.2) is 74.7 Å². The Morgan fingerprint density at radius 3 is 2.62 bits per heavy atom. The molecule has 4 aromatic rings. The number of likely N-dealkylation sites (tertiary alicyclic amines) is 1. The van der Waals surface area contributed by atoms with E-state index in [2.05, 4.69) is 0 Å². The molecule has 0 saturated carbocycles. The molecule has 0 N–H and O–H groups in total. The van der Waals surface area contributed by atoms with Crippen molar-refractivity contribution in [2.45, 2.75) is 18.9 Å². The average molecular weight is 544 g/mol. The molecule has 11 nitrogen and oxygen atoms in total. The summed E-state index contributed by atoms with van der Waals surface area (Å²) >= 11 is 0. The molecule has 204 valence electrons. The van der Waals surface area contributed by atoms with Crippen LogP contribution >= 0.6 is 0 Å². The molecule has 1 saturated heterocycles. The van der Waals surface area contributed by atoms with Crippen LogP contribution in [0.1, 0.15) is 18.0 Å². The molecule has 0 spiro atoms. The number of methoxy groups -OCH3 is 1. The van der Waals surface area contributed by atoms with E-state index >= 15 is 0 Å². The number of hydrogen-bond acceptors (Lipinski definition) is 8. The van der Waals surface area contributed by atoms with Crippen molar-refractivity contribution in [1.82, 2.24) is 9.47 Å². The van der Waals surface area contributed by atoms with E-state index in [-0.39, 0.29) is 24.3 Å². The van der Waals surface area contributed by atoms with E-state index in [0.717, 1.165) is 17.5 Å². The molecule has 0 unspecified atom stereocenters. The Hall–Kier alpha value is -4.93. The third-order valence-electron chi connectivity index (χ3n) is 7.60. The zero-order valence-corrected chi connectivity index (χ0v) is 21.6. The smallest absolute Gasteiger partial charge is 0.344 e. The normalized spacial score (nSPS) is 17.8. The maximum Gasteiger partial charge on any atom is 0.344 e. The molecule has 2 aliphatic heterocycles. The van der Waals surface area contributed by atoms with Crippen molar-refractivity contribution in [3.8, 4) is 22.6 Å². The molecular formula is C29H25N3O8. The molecule has 0 aliphatic carbocycles. The van der Waals surface area contributed by atoms with Gasteiger partial charge < -0.3 is 23.4 Å². The van der Waals surface area contributed by atoms with Crippen LogP contribution < -0.4 is 20.7 Å². The Labute approximate surface area is 227 Å². The van der Waals surface area contributed by atoms with Gasteiger partial charge in [0, 0.05) is 42.7 Å². The lowest BCUT2D eigenvalue weighted by Gasteiger charge is -2.42. The summed E-state index contributed by atoms with van der Waals surface area (Å²) in [7, 11) is 1.51. The molecular weight excluding hydrogens is 518 g/mol. The number of rotatable bonds is 6. The summed E-state index contributed by atoms with van der Waals surface area (Å²) in [6.07, 6.45) is 0.818. The summed E-state index contributed by atoms with van der Waals surface area (Å²) in [5.41, 5.74) is 0.633. The Morgan fingerprint density at radius 2 is 1.88 bits per heavy atom. The Balaban J connectivity index is 1.13. The zero-order chi connectivity index (χ0) is 28.0. The second kappa shape index (κ2) is 9.99. The molecule has 1 amide bonds. The van der Waals surface area contributed by atoms with E-state index in [1.54, 1.807) is 47.4 Å². The van der Waals surface area contributed by atoms with Crippen LogP contribution in [-0.2, 0) is 11.3 Å². The first-order valence-corrected chi connectivity index (χ1v) is 12.8. The van der Waals surface area contributed by atoms with Crippen molar-refractivity contribution in [3.05, 3.63) is 97.2 Å². The largest absolute Gasteiger partial charge is 0.493 e. The molecule has 0 radical (unpaired) electrons. The summed E-state index contributed by atoms with van der Waals surface area (Å²) in [5, 5.41) is 11.9. The molecule has 2 aliphatic rings. The van der Waals surface area contributed by atoms with Crippen molar-refractivity contribution in [2.24, 2.45) is 5.92 Å². The van der Waals surface area contributed by atoms with Gasteiger partial charge in [-0.05, 0) is 48.2 Å². The summed E-state index contributed by atoms with van der Waals surface area (Å²) < 4.78 is 18.0. The van der Waals surface area contributed by atoms with Crippen molar-refractivity contribution < 1.29 is 23.6 Å². The Bertz CT molecular complexity index is 1760. The average Bonchev–Trinajstić information content (AvgIpc) is 2.96. The standard InChI is InChI=1S/C29H25N3O8/c1-38-25-4-2-3-19-12-22(29(35)40-27(19)25)18-5-7-21(8-6-18)39-16-26(33)30-13-17-11-20(15-30)23-9-10-24(32(36)37)28(34)31(23)14-17/h2-10,12,17,20H,11,13-16H2,1H3/t17-,20+/m0/s1. The summed E-state index contributed by atoms with van der Waals surface area (Å²) in [6, 6.07) is 16.9.